The average Bonchev–Trinajstić information content (AvgIpc) is 2.89. The van der Waals surface area contributed by atoms with Gasteiger partial charge < -0.3 is 10.1 Å². The Hall–Kier alpha value is -2.38. The molecule has 8 heteroatoms. The van der Waals surface area contributed by atoms with Gasteiger partial charge in [-0.2, -0.15) is 0 Å². The predicted octanol–water partition coefficient (Wildman–Crippen LogP) is 2.98. The van der Waals surface area contributed by atoms with Crippen molar-refractivity contribution in [2.45, 2.75) is 6.92 Å². The molecule has 2 heterocycles. The Labute approximate surface area is 140 Å². The number of nitrogens with one attached hydrogen (secondary N) is 1. The number of amides is 1. The standard InChI is InChI=1S/C15H12ClN3O3S/c1-8-7-19-14(21)10(6-17-15(19)23-8)13(20)18-11-5-9(16)3-4-12(11)22-2/h3-7H,1-2H3,(H,18,20). The molecular weight excluding hydrogens is 338 g/mol. The van der Waals surface area contributed by atoms with Crippen LogP contribution in [-0.4, -0.2) is 22.4 Å². The summed E-state index contributed by atoms with van der Waals surface area (Å²) in [5.41, 5.74) is -0.0869. The zero-order valence-corrected chi connectivity index (χ0v) is 13.9. The fourth-order valence-corrected chi connectivity index (χ4v) is 3.08. The number of aromatic nitrogens is 2. The first-order valence-corrected chi connectivity index (χ1v) is 7.81. The largest absolute Gasteiger partial charge is 0.495 e. The smallest absolute Gasteiger partial charge is 0.271 e. The number of aryl methyl sites for hydroxylation is 1. The molecule has 0 aliphatic carbocycles. The molecule has 0 saturated carbocycles. The Kier molecular flexibility index (Phi) is 4.06. The maximum atomic E-state index is 12.4. The summed E-state index contributed by atoms with van der Waals surface area (Å²) in [5, 5.41) is 3.08. The van der Waals surface area contributed by atoms with E-state index in [9.17, 15) is 9.59 Å². The molecular formula is C15H12ClN3O3S. The second-order valence-electron chi connectivity index (χ2n) is 4.77. The van der Waals surface area contributed by atoms with Crippen LogP contribution in [0.5, 0.6) is 5.75 Å². The fourth-order valence-electron chi connectivity index (χ4n) is 2.12. The van der Waals surface area contributed by atoms with E-state index in [2.05, 4.69) is 10.3 Å². The highest BCUT2D eigenvalue weighted by Gasteiger charge is 2.16. The van der Waals surface area contributed by atoms with Crippen molar-refractivity contribution >= 4 is 39.5 Å². The first-order chi connectivity index (χ1) is 11.0. The summed E-state index contributed by atoms with van der Waals surface area (Å²) in [6.45, 7) is 1.87. The van der Waals surface area contributed by atoms with E-state index in [0.29, 0.717) is 21.4 Å². The summed E-state index contributed by atoms with van der Waals surface area (Å²) in [6, 6.07) is 4.83. The van der Waals surface area contributed by atoms with Crippen LogP contribution in [0.15, 0.2) is 35.4 Å². The molecule has 0 radical (unpaired) electrons. The zero-order chi connectivity index (χ0) is 16.6. The van der Waals surface area contributed by atoms with Crippen molar-refractivity contribution in [3.63, 3.8) is 0 Å². The molecule has 0 bridgehead atoms. The van der Waals surface area contributed by atoms with Gasteiger partial charge in [0.15, 0.2) is 4.96 Å². The second-order valence-corrected chi connectivity index (χ2v) is 6.42. The lowest BCUT2D eigenvalue weighted by atomic mass is 10.2. The van der Waals surface area contributed by atoms with Gasteiger partial charge in [-0.05, 0) is 25.1 Å². The van der Waals surface area contributed by atoms with Crippen LogP contribution in [0.3, 0.4) is 0 Å². The normalized spacial score (nSPS) is 10.7. The molecule has 0 aliphatic heterocycles. The van der Waals surface area contributed by atoms with E-state index < -0.39 is 11.5 Å². The highest BCUT2D eigenvalue weighted by molar-refractivity contribution is 7.16. The van der Waals surface area contributed by atoms with Crippen LogP contribution < -0.4 is 15.6 Å². The molecule has 3 aromatic rings. The van der Waals surface area contributed by atoms with Crippen molar-refractivity contribution in [2.24, 2.45) is 0 Å². The minimum atomic E-state index is -0.568. The topological polar surface area (TPSA) is 72.7 Å². The number of hydrogen-bond donors (Lipinski definition) is 1. The van der Waals surface area contributed by atoms with E-state index in [4.69, 9.17) is 16.3 Å². The van der Waals surface area contributed by atoms with Gasteiger partial charge in [-0.15, -0.1) is 11.3 Å². The van der Waals surface area contributed by atoms with Gasteiger partial charge in [0.05, 0.1) is 12.8 Å². The number of thiazole rings is 1. The van der Waals surface area contributed by atoms with Crippen LogP contribution in [0.1, 0.15) is 15.2 Å². The number of methoxy groups -OCH3 is 1. The fraction of sp³-hybridized carbons (Fsp3) is 0.133. The number of carbonyl (C=O) groups excluding carboxylic acids is 1. The Balaban J connectivity index is 2.00. The third-order valence-corrected chi connectivity index (χ3v) is 4.32. The molecule has 23 heavy (non-hydrogen) atoms. The summed E-state index contributed by atoms with van der Waals surface area (Å²) >= 11 is 7.31. The molecule has 118 valence electrons. The van der Waals surface area contributed by atoms with E-state index in [0.717, 1.165) is 4.88 Å². The summed E-state index contributed by atoms with van der Waals surface area (Å²) in [7, 11) is 1.48. The Morgan fingerprint density at radius 2 is 2.22 bits per heavy atom. The third kappa shape index (κ3) is 2.93. The number of nitrogens with zero attached hydrogens (tertiary/aromatic N) is 2. The van der Waals surface area contributed by atoms with Gasteiger partial charge >= 0.3 is 0 Å². The number of carbonyl (C=O) groups is 1. The molecule has 0 atom stereocenters. The van der Waals surface area contributed by atoms with Gasteiger partial charge in [0.1, 0.15) is 11.3 Å². The minimum Gasteiger partial charge on any atom is -0.495 e. The van der Waals surface area contributed by atoms with E-state index in [1.807, 2.05) is 6.92 Å². The van der Waals surface area contributed by atoms with Crippen molar-refractivity contribution < 1.29 is 9.53 Å². The number of fused-ring (bicyclic) bond motifs is 1. The summed E-state index contributed by atoms with van der Waals surface area (Å²) < 4.78 is 6.54. The maximum Gasteiger partial charge on any atom is 0.271 e. The molecule has 0 fully saturated rings. The van der Waals surface area contributed by atoms with Crippen LogP contribution in [-0.2, 0) is 0 Å². The highest BCUT2D eigenvalue weighted by Crippen LogP contribution is 2.27. The van der Waals surface area contributed by atoms with Crippen molar-refractivity contribution in [2.75, 3.05) is 12.4 Å². The monoisotopic (exact) mass is 349 g/mol. The van der Waals surface area contributed by atoms with E-state index in [1.54, 1.807) is 24.4 Å². The Bertz CT molecular complexity index is 964. The van der Waals surface area contributed by atoms with Crippen molar-refractivity contribution in [1.82, 2.24) is 9.38 Å². The van der Waals surface area contributed by atoms with Gasteiger partial charge in [-0.3, -0.25) is 14.0 Å². The van der Waals surface area contributed by atoms with Crippen molar-refractivity contribution in [1.29, 1.82) is 0 Å². The van der Waals surface area contributed by atoms with E-state index in [-0.39, 0.29) is 5.56 Å². The number of anilines is 1. The second kappa shape index (κ2) is 6.02. The van der Waals surface area contributed by atoms with Gasteiger partial charge in [0.25, 0.3) is 11.5 Å². The Morgan fingerprint density at radius 3 is 2.96 bits per heavy atom. The molecule has 6 nitrogen and oxygen atoms in total. The lowest BCUT2D eigenvalue weighted by Gasteiger charge is -2.10. The van der Waals surface area contributed by atoms with Crippen LogP contribution in [0, 0.1) is 6.92 Å². The van der Waals surface area contributed by atoms with Gasteiger partial charge in [0.2, 0.25) is 0 Å². The molecule has 0 aliphatic rings. The molecule has 1 amide bonds. The number of benzene rings is 1. The lowest BCUT2D eigenvalue weighted by molar-refractivity contribution is 0.102. The van der Waals surface area contributed by atoms with Crippen LogP contribution in [0.2, 0.25) is 5.02 Å². The number of ether oxygens (including phenoxy) is 1. The first kappa shape index (κ1) is 15.5. The number of halogens is 1. The van der Waals surface area contributed by atoms with Gasteiger partial charge in [-0.1, -0.05) is 11.6 Å². The third-order valence-electron chi connectivity index (χ3n) is 3.18. The predicted molar refractivity (Wildman–Crippen MR) is 90.0 cm³/mol. The summed E-state index contributed by atoms with van der Waals surface area (Å²) in [4.78, 5) is 30.4. The zero-order valence-electron chi connectivity index (χ0n) is 12.3. The van der Waals surface area contributed by atoms with Gasteiger partial charge in [-0.25, -0.2) is 4.98 Å². The number of hydrogen-bond acceptors (Lipinski definition) is 5. The SMILES string of the molecule is COc1ccc(Cl)cc1NC(=O)c1cnc2sc(C)cn2c1=O. The average molecular weight is 350 g/mol. The molecule has 1 aromatic carbocycles. The summed E-state index contributed by atoms with van der Waals surface area (Å²) in [5.74, 6) is -0.121. The molecule has 3 rings (SSSR count). The Morgan fingerprint density at radius 1 is 1.43 bits per heavy atom. The quantitative estimate of drug-likeness (QED) is 0.789. The lowest BCUT2D eigenvalue weighted by Crippen LogP contribution is -2.26. The van der Waals surface area contributed by atoms with Gasteiger partial charge in [0, 0.05) is 22.3 Å². The van der Waals surface area contributed by atoms with E-state index in [1.165, 1.54) is 29.0 Å². The molecule has 0 saturated heterocycles. The molecule has 1 N–H and O–H groups in total. The van der Waals surface area contributed by atoms with Crippen molar-refractivity contribution in [3.8, 4) is 5.75 Å². The molecule has 2 aromatic heterocycles. The first-order valence-electron chi connectivity index (χ1n) is 6.62. The molecule has 0 spiro atoms. The van der Waals surface area contributed by atoms with E-state index >= 15 is 0 Å². The van der Waals surface area contributed by atoms with Crippen LogP contribution in [0.4, 0.5) is 5.69 Å². The van der Waals surface area contributed by atoms with Crippen LogP contribution >= 0.6 is 22.9 Å². The minimum absolute atomic E-state index is 0.0534. The molecule has 0 unspecified atom stereocenters. The van der Waals surface area contributed by atoms with Crippen LogP contribution in [0.25, 0.3) is 4.96 Å². The summed E-state index contributed by atoms with van der Waals surface area (Å²) in [6.07, 6.45) is 2.94. The maximum absolute atomic E-state index is 12.4. The van der Waals surface area contributed by atoms with Crippen molar-refractivity contribution in [3.05, 3.63) is 56.4 Å². The number of rotatable bonds is 3. The highest BCUT2D eigenvalue weighted by atomic mass is 35.5.